The van der Waals surface area contributed by atoms with Gasteiger partial charge in [-0.1, -0.05) is 40.9 Å². The molecule has 0 radical (unpaired) electrons. The fourth-order valence-electron chi connectivity index (χ4n) is 3.21. The van der Waals surface area contributed by atoms with Crippen LogP contribution < -0.4 is 10.9 Å². The summed E-state index contributed by atoms with van der Waals surface area (Å²) >= 11 is 11.8. The standard InChI is InChI=1S/C21H17Cl2N5O2/c1-12-3-6-18(13(2)7-12)28-20-15(9-25-28)21(30)27(11-24-20)10-19(29)26-14-4-5-16(22)17(23)8-14/h3-9,11H,10H2,1-2H3,(H,26,29). The van der Waals surface area contributed by atoms with E-state index in [2.05, 4.69) is 15.4 Å². The number of amides is 1. The number of rotatable bonds is 4. The Bertz CT molecular complexity index is 1340. The van der Waals surface area contributed by atoms with E-state index in [0.717, 1.165) is 16.8 Å². The van der Waals surface area contributed by atoms with E-state index in [-0.39, 0.29) is 12.1 Å². The molecule has 0 unspecified atom stereocenters. The number of carbonyl (C=O) groups is 1. The molecule has 2 heterocycles. The topological polar surface area (TPSA) is 81.8 Å². The minimum Gasteiger partial charge on any atom is -0.324 e. The van der Waals surface area contributed by atoms with Crippen molar-refractivity contribution in [1.29, 1.82) is 0 Å². The highest BCUT2D eigenvalue weighted by molar-refractivity contribution is 6.42. The van der Waals surface area contributed by atoms with Gasteiger partial charge in [0.2, 0.25) is 5.91 Å². The van der Waals surface area contributed by atoms with Crippen LogP contribution in [0.2, 0.25) is 10.0 Å². The highest BCUT2D eigenvalue weighted by Gasteiger charge is 2.14. The quantitative estimate of drug-likeness (QED) is 0.515. The molecule has 2 aromatic heterocycles. The number of carbonyl (C=O) groups excluding carboxylic acids is 1. The summed E-state index contributed by atoms with van der Waals surface area (Å²) in [5, 5.41) is 8.07. The number of halogens is 2. The predicted octanol–water partition coefficient (Wildman–Crippen LogP) is 4.14. The molecule has 0 saturated carbocycles. The SMILES string of the molecule is Cc1ccc(-n2ncc3c(=O)n(CC(=O)Nc4ccc(Cl)c(Cl)c4)cnc32)c(C)c1. The molecule has 4 aromatic rings. The van der Waals surface area contributed by atoms with Gasteiger partial charge in [-0.25, -0.2) is 9.67 Å². The Hall–Kier alpha value is -3.16. The van der Waals surface area contributed by atoms with Crippen LogP contribution in [0, 0.1) is 13.8 Å². The summed E-state index contributed by atoms with van der Waals surface area (Å²) in [4.78, 5) is 29.6. The molecule has 9 heteroatoms. The Labute approximate surface area is 181 Å². The molecule has 152 valence electrons. The lowest BCUT2D eigenvalue weighted by Gasteiger charge is -2.09. The van der Waals surface area contributed by atoms with E-state index >= 15 is 0 Å². The number of aryl methyl sites for hydroxylation is 2. The third-order valence-corrected chi connectivity index (χ3v) is 5.39. The van der Waals surface area contributed by atoms with E-state index in [1.807, 2.05) is 32.0 Å². The van der Waals surface area contributed by atoms with Crippen molar-refractivity contribution in [3.63, 3.8) is 0 Å². The molecule has 2 aromatic carbocycles. The van der Waals surface area contributed by atoms with Crippen molar-refractivity contribution in [2.45, 2.75) is 20.4 Å². The maximum absolute atomic E-state index is 12.8. The molecule has 0 aliphatic carbocycles. The maximum Gasteiger partial charge on any atom is 0.264 e. The fraction of sp³-hybridized carbons (Fsp3) is 0.143. The van der Waals surface area contributed by atoms with Gasteiger partial charge in [0.25, 0.3) is 5.56 Å². The summed E-state index contributed by atoms with van der Waals surface area (Å²) in [6.07, 6.45) is 2.82. The summed E-state index contributed by atoms with van der Waals surface area (Å²) in [5.74, 6) is -0.390. The molecular formula is C21H17Cl2N5O2. The van der Waals surface area contributed by atoms with E-state index in [9.17, 15) is 9.59 Å². The number of hydrogen-bond acceptors (Lipinski definition) is 4. The minimum absolute atomic E-state index is 0.198. The second-order valence-electron chi connectivity index (χ2n) is 6.94. The van der Waals surface area contributed by atoms with Gasteiger partial charge in [0.15, 0.2) is 5.65 Å². The van der Waals surface area contributed by atoms with Crippen LogP contribution in [0.3, 0.4) is 0 Å². The van der Waals surface area contributed by atoms with Crippen LogP contribution in [-0.2, 0) is 11.3 Å². The number of hydrogen-bond donors (Lipinski definition) is 1. The molecule has 0 bridgehead atoms. The number of anilines is 1. The molecule has 1 N–H and O–H groups in total. The van der Waals surface area contributed by atoms with Gasteiger partial charge < -0.3 is 5.32 Å². The zero-order valence-electron chi connectivity index (χ0n) is 16.2. The highest BCUT2D eigenvalue weighted by atomic mass is 35.5. The molecule has 1 amide bonds. The van der Waals surface area contributed by atoms with Crippen LogP contribution >= 0.6 is 23.2 Å². The average Bonchev–Trinajstić information content (AvgIpc) is 3.11. The van der Waals surface area contributed by atoms with Crippen molar-refractivity contribution in [2.24, 2.45) is 0 Å². The van der Waals surface area contributed by atoms with Gasteiger partial charge in [-0.15, -0.1) is 0 Å². The Morgan fingerprint density at radius 2 is 1.90 bits per heavy atom. The van der Waals surface area contributed by atoms with Gasteiger partial charge in [-0.3, -0.25) is 14.2 Å². The second kappa shape index (κ2) is 7.93. The van der Waals surface area contributed by atoms with Gasteiger partial charge >= 0.3 is 0 Å². The summed E-state index contributed by atoms with van der Waals surface area (Å²) in [6.45, 7) is 3.79. The third-order valence-electron chi connectivity index (χ3n) is 4.65. The van der Waals surface area contributed by atoms with E-state index in [1.54, 1.807) is 22.9 Å². The third kappa shape index (κ3) is 3.81. The zero-order valence-corrected chi connectivity index (χ0v) is 17.7. The predicted molar refractivity (Wildman–Crippen MR) is 118 cm³/mol. The molecule has 30 heavy (non-hydrogen) atoms. The fourth-order valence-corrected chi connectivity index (χ4v) is 3.51. The average molecular weight is 442 g/mol. The van der Waals surface area contributed by atoms with Crippen molar-refractivity contribution < 1.29 is 4.79 Å². The first-order chi connectivity index (χ1) is 14.3. The van der Waals surface area contributed by atoms with Crippen LogP contribution in [0.15, 0.2) is 53.7 Å². The number of nitrogens with one attached hydrogen (secondary N) is 1. The van der Waals surface area contributed by atoms with Crippen molar-refractivity contribution in [2.75, 3.05) is 5.32 Å². The molecule has 4 rings (SSSR count). The van der Waals surface area contributed by atoms with Crippen molar-refractivity contribution in [1.82, 2.24) is 19.3 Å². The minimum atomic E-state index is -0.390. The largest absolute Gasteiger partial charge is 0.324 e. The molecule has 0 atom stereocenters. The normalized spacial score (nSPS) is 11.1. The first kappa shape index (κ1) is 20.1. The van der Waals surface area contributed by atoms with Crippen molar-refractivity contribution in [3.8, 4) is 5.69 Å². The van der Waals surface area contributed by atoms with Crippen molar-refractivity contribution in [3.05, 3.63) is 80.4 Å². The van der Waals surface area contributed by atoms with E-state index in [4.69, 9.17) is 23.2 Å². The van der Waals surface area contributed by atoms with Gasteiger partial charge in [-0.2, -0.15) is 5.10 Å². The number of aromatic nitrogens is 4. The van der Waals surface area contributed by atoms with Crippen LogP contribution in [0.25, 0.3) is 16.7 Å². The summed E-state index contributed by atoms with van der Waals surface area (Å²) in [6, 6.07) is 10.7. The highest BCUT2D eigenvalue weighted by Crippen LogP contribution is 2.25. The Kier molecular flexibility index (Phi) is 5.32. The Morgan fingerprint density at radius 1 is 1.10 bits per heavy atom. The molecule has 0 spiro atoms. The van der Waals surface area contributed by atoms with Crippen LogP contribution in [0.1, 0.15) is 11.1 Å². The lowest BCUT2D eigenvalue weighted by atomic mass is 10.1. The first-order valence-corrected chi connectivity index (χ1v) is 9.85. The zero-order chi connectivity index (χ0) is 21.4. The smallest absolute Gasteiger partial charge is 0.264 e. The first-order valence-electron chi connectivity index (χ1n) is 9.09. The lowest BCUT2D eigenvalue weighted by molar-refractivity contribution is -0.116. The number of fused-ring (bicyclic) bond motifs is 1. The maximum atomic E-state index is 12.8. The molecule has 0 fully saturated rings. The van der Waals surface area contributed by atoms with Gasteiger partial charge in [0, 0.05) is 5.69 Å². The summed E-state index contributed by atoms with van der Waals surface area (Å²) in [5.41, 5.74) is 3.58. The van der Waals surface area contributed by atoms with Crippen LogP contribution in [-0.4, -0.2) is 25.2 Å². The van der Waals surface area contributed by atoms with Crippen LogP contribution in [0.4, 0.5) is 5.69 Å². The molecule has 7 nitrogen and oxygen atoms in total. The van der Waals surface area contributed by atoms with E-state index in [0.29, 0.717) is 26.8 Å². The Balaban J connectivity index is 1.62. The molecule has 0 saturated heterocycles. The number of nitrogens with zero attached hydrogens (tertiary/aromatic N) is 4. The molecular weight excluding hydrogens is 425 g/mol. The summed E-state index contributed by atoms with van der Waals surface area (Å²) in [7, 11) is 0. The monoisotopic (exact) mass is 441 g/mol. The number of benzene rings is 2. The van der Waals surface area contributed by atoms with Gasteiger partial charge in [0.1, 0.15) is 18.3 Å². The van der Waals surface area contributed by atoms with E-state index in [1.165, 1.54) is 17.1 Å². The second-order valence-corrected chi connectivity index (χ2v) is 7.75. The lowest BCUT2D eigenvalue weighted by Crippen LogP contribution is -2.27. The van der Waals surface area contributed by atoms with Crippen molar-refractivity contribution >= 4 is 45.8 Å². The summed E-state index contributed by atoms with van der Waals surface area (Å²) < 4.78 is 2.87. The Morgan fingerprint density at radius 3 is 2.63 bits per heavy atom. The molecule has 0 aliphatic rings. The van der Waals surface area contributed by atoms with Gasteiger partial charge in [0.05, 0.1) is 21.9 Å². The van der Waals surface area contributed by atoms with E-state index < -0.39 is 5.91 Å². The van der Waals surface area contributed by atoms with Crippen LogP contribution in [0.5, 0.6) is 0 Å². The molecule has 0 aliphatic heterocycles. The van der Waals surface area contributed by atoms with Gasteiger partial charge in [-0.05, 0) is 43.7 Å².